The number of rotatable bonds is 3. The van der Waals surface area contributed by atoms with Crippen LogP contribution in [-0.4, -0.2) is 35.1 Å². The average Bonchev–Trinajstić information content (AvgIpc) is 3.00. The molecule has 1 amide bonds. The second-order valence-electron chi connectivity index (χ2n) is 7.01. The quantitative estimate of drug-likeness (QED) is 0.737. The summed E-state index contributed by atoms with van der Waals surface area (Å²) < 4.78 is 32.3. The maximum absolute atomic E-state index is 13.2. The summed E-state index contributed by atoms with van der Waals surface area (Å²) in [6.07, 6.45) is 1.80. The van der Waals surface area contributed by atoms with E-state index in [1.54, 1.807) is 52.1 Å². The second-order valence-corrected chi connectivity index (χ2v) is 8.79. The monoisotopic (exact) mass is 388 g/mol. The van der Waals surface area contributed by atoms with Gasteiger partial charge in [0.25, 0.3) is 10.0 Å². The number of nitrogens with zero attached hydrogens (tertiary/aromatic N) is 3. The van der Waals surface area contributed by atoms with Crippen LogP contribution in [0.4, 0.5) is 10.6 Å². The third-order valence-corrected chi connectivity index (χ3v) is 5.21. The van der Waals surface area contributed by atoms with E-state index in [0.29, 0.717) is 15.5 Å². The zero-order valence-electron chi connectivity index (χ0n) is 15.4. The number of aromatic amines is 1. The topological polar surface area (TPSA) is 105 Å². The zero-order chi connectivity index (χ0) is 19.8. The Labute approximate surface area is 157 Å². The molecule has 0 spiro atoms. The Hall–Kier alpha value is -2.94. The summed E-state index contributed by atoms with van der Waals surface area (Å²) in [6, 6.07) is 7.91. The highest BCUT2D eigenvalue weighted by Gasteiger charge is 2.36. The minimum absolute atomic E-state index is 0.0377. The molecule has 0 radical (unpaired) electrons. The fourth-order valence-corrected chi connectivity index (χ4v) is 3.78. The van der Waals surface area contributed by atoms with Gasteiger partial charge in [0.05, 0.1) is 11.1 Å². The number of H-pyrrole nitrogens is 1. The Bertz CT molecular complexity index is 1100. The first-order chi connectivity index (χ1) is 12.6. The molecule has 9 heteroatoms. The Balaban J connectivity index is 2.16. The van der Waals surface area contributed by atoms with Gasteiger partial charge < -0.3 is 9.72 Å². The van der Waals surface area contributed by atoms with Crippen molar-refractivity contribution in [3.05, 3.63) is 48.3 Å². The number of sulfonamides is 1. The number of carbonyl (C=O) groups excluding carboxylic acids is 1. The molecule has 0 aliphatic carbocycles. The Morgan fingerprint density at radius 3 is 2.63 bits per heavy atom. The molecular weight excluding hydrogens is 368 g/mol. The highest BCUT2D eigenvalue weighted by molar-refractivity contribution is 7.93. The highest BCUT2D eigenvalue weighted by atomic mass is 32.2. The SMILES string of the molecule is Cc1cccc(S(=O)(=O)N(C(=O)OC(C)(C)C)c2cnc3[nH]ccc3n2)c1. The van der Waals surface area contributed by atoms with E-state index in [-0.39, 0.29) is 10.7 Å². The van der Waals surface area contributed by atoms with E-state index in [1.807, 2.05) is 0 Å². The molecule has 0 saturated carbocycles. The summed E-state index contributed by atoms with van der Waals surface area (Å²) >= 11 is 0. The molecule has 3 rings (SSSR count). The molecule has 2 heterocycles. The summed E-state index contributed by atoms with van der Waals surface area (Å²) in [7, 11) is -4.25. The van der Waals surface area contributed by atoms with Gasteiger partial charge >= 0.3 is 6.09 Å². The number of fused-ring (bicyclic) bond motifs is 1. The normalized spacial score (nSPS) is 12.1. The summed E-state index contributed by atoms with van der Waals surface area (Å²) in [5.74, 6) is -0.141. The maximum atomic E-state index is 13.2. The van der Waals surface area contributed by atoms with Crippen molar-refractivity contribution < 1.29 is 17.9 Å². The van der Waals surface area contributed by atoms with Crippen molar-refractivity contribution in [1.82, 2.24) is 15.0 Å². The number of hydrogen-bond donors (Lipinski definition) is 1. The smallest absolute Gasteiger partial charge is 0.430 e. The van der Waals surface area contributed by atoms with Gasteiger partial charge in [-0.2, -0.15) is 0 Å². The number of aromatic nitrogens is 3. The van der Waals surface area contributed by atoms with Crippen LogP contribution in [0.25, 0.3) is 11.2 Å². The number of carbonyl (C=O) groups is 1. The number of anilines is 1. The van der Waals surface area contributed by atoms with Crippen LogP contribution < -0.4 is 4.31 Å². The molecule has 1 N–H and O–H groups in total. The fourth-order valence-electron chi connectivity index (χ4n) is 2.42. The minimum atomic E-state index is -4.25. The van der Waals surface area contributed by atoms with E-state index in [4.69, 9.17) is 4.74 Å². The van der Waals surface area contributed by atoms with Crippen molar-refractivity contribution in [3.8, 4) is 0 Å². The van der Waals surface area contributed by atoms with Gasteiger partial charge in [-0.25, -0.2) is 23.2 Å². The summed E-state index contributed by atoms with van der Waals surface area (Å²) in [6.45, 7) is 6.73. The molecule has 0 aliphatic rings. The zero-order valence-corrected chi connectivity index (χ0v) is 16.2. The summed E-state index contributed by atoms with van der Waals surface area (Å²) in [4.78, 5) is 24.0. The minimum Gasteiger partial charge on any atom is -0.443 e. The Morgan fingerprint density at radius 2 is 1.96 bits per heavy atom. The maximum Gasteiger partial charge on any atom is 0.430 e. The van der Waals surface area contributed by atoms with Crippen LogP contribution in [0.2, 0.25) is 0 Å². The Kier molecular flexibility index (Phi) is 4.64. The predicted molar refractivity (Wildman–Crippen MR) is 101 cm³/mol. The van der Waals surface area contributed by atoms with Crippen LogP contribution in [0.1, 0.15) is 26.3 Å². The van der Waals surface area contributed by atoms with Gasteiger partial charge in [-0.3, -0.25) is 0 Å². The van der Waals surface area contributed by atoms with Crippen LogP contribution in [0.3, 0.4) is 0 Å². The largest absolute Gasteiger partial charge is 0.443 e. The molecular formula is C18H20N4O4S. The number of aryl methyl sites for hydroxylation is 1. The molecule has 0 fully saturated rings. The number of nitrogens with one attached hydrogen (secondary N) is 1. The molecule has 142 valence electrons. The van der Waals surface area contributed by atoms with Gasteiger partial charge in [0.15, 0.2) is 11.5 Å². The van der Waals surface area contributed by atoms with Crippen LogP contribution in [-0.2, 0) is 14.8 Å². The van der Waals surface area contributed by atoms with E-state index in [2.05, 4.69) is 15.0 Å². The third kappa shape index (κ3) is 3.92. The van der Waals surface area contributed by atoms with Crippen LogP contribution >= 0.6 is 0 Å². The van der Waals surface area contributed by atoms with Crippen molar-refractivity contribution in [1.29, 1.82) is 0 Å². The number of benzene rings is 1. The van der Waals surface area contributed by atoms with Crippen molar-refractivity contribution in [2.24, 2.45) is 0 Å². The summed E-state index contributed by atoms with van der Waals surface area (Å²) in [5.41, 5.74) is 0.770. The van der Waals surface area contributed by atoms with Crippen molar-refractivity contribution in [2.75, 3.05) is 4.31 Å². The van der Waals surface area contributed by atoms with E-state index in [1.165, 1.54) is 18.3 Å². The van der Waals surface area contributed by atoms with E-state index < -0.39 is 21.7 Å². The van der Waals surface area contributed by atoms with Crippen molar-refractivity contribution >= 4 is 33.1 Å². The average molecular weight is 388 g/mol. The fraction of sp³-hybridized carbons (Fsp3) is 0.278. The highest BCUT2D eigenvalue weighted by Crippen LogP contribution is 2.26. The van der Waals surface area contributed by atoms with Gasteiger partial charge in [-0.1, -0.05) is 12.1 Å². The van der Waals surface area contributed by atoms with Crippen LogP contribution in [0.5, 0.6) is 0 Å². The van der Waals surface area contributed by atoms with E-state index in [9.17, 15) is 13.2 Å². The van der Waals surface area contributed by atoms with Gasteiger partial charge in [0.2, 0.25) is 0 Å². The number of amides is 1. The standard InChI is InChI=1S/C18H20N4O4S/c1-12-6-5-7-13(10-12)27(24,25)22(17(23)26-18(2,3)4)15-11-20-16-14(21-15)8-9-19-16/h5-11H,1-4H3,(H,19,20). The lowest BCUT2D eigenvalue weighted by Gasteiger charge is -2.26. The lowest BCUT2D eigenvalue weighted by atomic mass is 10.2. The van der Waals surface area contributed by atoms with Crippen molar-refractivity contribution in [2.45, 2.75) is 38.2 Å². The molecule has 0 saturated heterocycles. The molecule has 2 aromatic heterocycles. The van der Waals surface area contributed by atoms with Crippen LogP contribution in [0, 0.1) is 6.92 Å². The molecule has 0 atom stereocenters. The lowest BCUT2D eigenvalue weighted by molar-refractivity contribution is 0.0608. The molecule has 8 nitrogen and oxygen atoms in total. The third-order valence-electron chi connectivity index (χ3n) is 3.54. The van der Waals surface area contributed by atoms with Crippen LogP contribution in [0.15, 0.2) is 47.6 Å². The van der Waals surface area contributed by atoms with Gasteiger partial charge in [-0.15, -0.1) is 4.31 Å². The lowest BCUT2D eigenvalue weighted by Crippen LogP contribution is -2.41. The molecule has 0 aliphatic heterocycles. The number of hydrogen-bond acceptors (Lipinski definition) is 6. The Morgan fingerprint density at radius 1 is 1.22 bits per heavy atom. The molecule has 27 heavy (non-hydrogen) atoms. The first kappa shape index (κ1) is 18.8. The first-order valence-electron chi connectivity index (χ1n) is 8.23. The number of ether oxygens (including phenoxy) is 1. The molecule has 0 unspecified atom stereocenters. The molecule has 0 bridgehead atoms. The second kappa shape index (κ2) is 6.66. The van der Waals surface area contributed by atoms with Gasteiger partial charge in [-0.05, 0) is 51.5 Å². The van der Waals surface area contributed by atoms with E-state index in [0.717, 1.165) is 5.56 Å². The predicted octanol–water partition coefficient (Wildman–Crippen LogP) is 3.40. The van der Waals surface area contributed by atoms with Gasteiger partial charge in [0, 0.05) is 6.20 Å². The molecule has 1 aromatic carbocycles. The first-order valence-corrected chi connectivity index (χ1v) is 9.67. The van der Waals surface area contributed by atoms with E-state index >= 15 is 0 Å². The van der Waals surface area contributed by atoms with Gasteiger partial charge in [0.1, 0.15) is 11.1 Å². The summed E-state index contributed by atoms with van der Waals surface area (Å²) in [5, 5.41) is 0. The molecule has 3 aromatic rings. The van der Waals surface area contributed by atoms with Crippen molar-refractivity contribution in [3.63, 3.8) is 0 Å².